The van der Waals surface area contributed by atoms with Crippen LogP contribution in [-0.4, -0.2) is 63.2 Å². The number of hydrogen-bond donors (Lipinski definition) is 0. The predicted octanol–water partition coefficient (Wildman–Crippen LogP) is 2.18. The molecule has 2 heterocycles. The SMILES string of the molecule is O=C(OC[C@@H]1OCO[C@@H]1[C@H]1OCO[C@H]1COC(=O)c1ccccc1)c1ccccc1. The molecule has 2 aliphatic rings. The lowest BCUT2D eigenvalue weighted by molar-refractivity contribution is -0.0418. The van der Waals surface area contributed by atoms with Crippen molar-refractivity contribution in [3.8, 4) is 0 Å². The third-order valence-corrected chi connectivity index (χ3v) is 4.92. The van der Waals surface area contributed by atoms with Crippen molar-refractivity contribution in [1.82, 2.24) is 0 Å². The topological polar surface area (TPSA) is 89.5 Å². The van der Waals surface area contributed by atoms with Gasteiger partial charge >= 0.3 is 11.9 Å². The number of ether oxygens (including phenoxy) is 6. The molecule has 0 radical (unpaired) electrons. The molecule has 0 N–H and O–H groups in total. The Morgan fingerprint density at radius 3 is 1.47 bits per heavy atom. The standard InChI is InChI=1S/C22H22O8/c23-21(15-7-3-1-4-8-15)25-11-17-19(29-13-27-17)20-18(28-14-30-20)12-26-22(24)16-9-5-2-6-10-16/h1-10,17-20H,11-14H2/t17-,18-,19-,20-/m0/s1. The second kappa shape index (κ2) is 9.82. The van der Waals surface area contributed by atoms with Crippen LogP contribution in [0.15, 0.2) is 60.7 Å². The molecule has 2 aromatic rings. The van der Waals surface area contributed by atoms with Crippen LogP contribution in [0.2, 0.25) is 0 Å². The molecule has 158 valence electrons. The third kappa shape index (κ3) is 4.85. The number of benzene rings is 2. The van der Waals surface area contributed by atoms with Crippen molar-refractivity contribution in [3.05, 3.63) is 71.8 Å². The van der Waals surface area contributed by atoms with Gasteiger partial charge in [-0.15, -0.1) is 0 Å². The van der Waals surface area contributed by atoms with Crippen LogP contribution in [-0.2, 0) is 28.4 Å². The second-order valence-corrected chi connectivity index (χ2v) is 6.84. The Morgan fingerprint density at radius 2 is 1.07 bits per heavy atom. The van der Waals surface area contributed by atoms with Gasteiger partial charge in [0.05, 0.1) is 11.1 Å². The molecule has 4 rings (SSSR count). The normalized spacial score (nSPS) is 25.7. The largest absolute Gasteiger partial charge is 0.459 e. The van der Waals surface area contributed by atoms with Crippen molar-refractivity contribution in [3.63, 3.8) is 0 Å². The zero-order valence-electron chi connectivity index (χ0n) is 16.2. The van der Waals surface area contributed by atoms with Gasteiger partial charge in [-0.1, -0.05) is 36.4 Å². The van der Waals surface area contributed by atoms with Crippen molar-refractivity contribution in [2.75, 3.05) is 26.8 Å². The van der Waals surface area contributed by atoms with Crippen LogP contribution in [0, 0.1) is 0 Å². The summed E-state index contributed by atoms with van der Waals surface area (Å²) < 4.78 is 33.2. The average Bonchev–Trinajstić information content (AvgIpc) is 3.45. The number of hydrogen-bond acceptors (Lipinski definition) is 8. The maximum absolute atomic E-state index is 12.2. The number of carbonyl (C=O) groups is 2. The lowest BCUT2D eigenvalue weighted by atomic mass is 10.0. The van der Waals surface area contributed by atoms with Gasteiger partial charge in [0.25, 0.3) is 0 Å². The molecule has 0 spiro atoms. The Morgan fingerprint density at radius 1 is 0.667 bits per heavy atom. The van der Waals surface area contributed by atoms with Crippen LogP contribution >= 0.6 is 0 Å². The molecule has 0 amide bonds. The van der Waals surface area contributed by atoms with E-state index in [-0.39, 0.29) is 26.8 Å². The summed E-state index contributed by atoms with van der Waals surface area (Å²) in [4.78, 5) is 24.3. The van der Waals surface area contributed by atoms with Crippen LogP contribution in [0.4, 0.5) is 0 Å². The highest BCUT2D eigenvalue weighted by Crippen LogP contribution is 2.26. The monoisotopic (exact) mass is 414 g/mol. The van der Waals surface area contributed by atoms with Gasteiger partial charge in [0.1, 0.15) is 51.2 Å². The quantitative estimate of drug-likeness (QED) is 0.637. The molecule has 2 saturated heterocycles. The van der Waals surface area contributed by atoms with Crippen LogP contribution in [0.1, 0.15) is 20.7 Å². The third-order valence-electron chi connectivity index (χ3n) is 4.92. The lowest BCUT2D eigenvalue weighted by Gasteiger charge is -2.25. The van der Waals surface area contributed by atoms with Crippen molar-refractivity contribution in [2.45, 2.75) is 24.4 Å². The first kappa shape index (κ1) is 20.5. The molecule has 0 bridgehead atoms. The summed E-state index contributed by atoms with van der Waals surface area (Å²) in [6.07, 6.45) is -2.07. The van der Waals surface area contributed by atoms with Gasteiger partial charge in [-0.2, -0.15) is 0 Å². The Kier molecular flexibility index (Phi) is 6.70. The number of esters is 2. The van der Waals surface area contributed by atoms with Gasteiger partial charge in [-0.05, 0) is 24.3 Å². The van der Waals surface area contributed by atoms with E-state index >= 15 is 0 Å². The Balaban J connectivity index is 1.31. The molecule has 0 unspecified atom stereocenters. The highest BCUT2D eigenvalue weighted by atomic mass is 16.8. The van der Waals surface area contributed by atoms with Gasteiger partial charge in [-0.25, -0.2) is 9.59 Å². The van der Waals surface area contributed by atoms with E-state index in [2.05, 4.69) is 0 Å². The smallest absolute Gasteiger partial charge is 0.338 e. The summed E-state index contributed by atoms with van der Waals surface area (Å²) in [6.45, 7) is 0.118. The summed E-state index contributed by atoms with van der Waals surface area (Å²) >= 11 is 0. The minimum atomic E-state index is -0.517. The molecule has 2 aromatic carbocycles. The first-order valence-electron chi connectivity index (χ1n) is 9.63. The van der Waals surface area contributed by atoms with E-state index in [0.29, 0.717) is 11.1 Å². The lowest BCUT2D eigenvalue weighted by Crippen LogP contribution is -2.45. The fourth-order valence-electron chi connectivity index (χ4n) is 3.34. The molecule has 8 nitrogen and oxygen atoms in total. The van der Waals surface area contributed by atoms with Gasteiger partial charge in [-0.3, -0.25) is 0 Å². The first-order valence-corrected chi connectivity index (χ1v) is 9.63. The summed E-state index contributed by atoms with van der Waals surface area (Å²) in [5, 5.41) is 0. The second-order valence-electron chi connectivity index (χ2n) is 6.84. The molecule has 2 fully saturated rings. The van der Waals surface area contributed by atoms with Crippen molar-refractivity contribution in [1.29, 1.82) is 0 Å². The minimum Gasteiger partial charge on any atom is -0.459 e. The summed E-state index contributed by atoms with van der Waals surface area (Å²) in [5.74, 6) is -0.886. The maximum atomic E-state index is 12.2. The van der Waals surface area contributed by atoms with Crippen LogP contribution in [0.25, 0.3) is 0 Å². The summed E-state index contributed by atoms with van der Waals surface area (Å²) in [7, 11) is 0. The van der Waals surface area contributed by atoms with Crippen molar-refractivity contribution in [2.24, 2.45) is 0 Å². The van der Waals surface area contributed by atoms with Gasteiger partial charge in [0.15, 0.2) is 0 Å². The van der Waals surface area contributed by atoms with Gasteiger partial charge < -0.3 is 28.4 Å². The maximum Gasteiger partial charge on any atom is 0.338 e. The van der Waals surface area contributed by atoms with Crippen LogP contribution in [0.3, 0.4) is 0 Å². The molecule has 8 heteroatoms. The highest BCUT2D eigenvalue weighted by molar-refractivity contribution is 5.89. The number of rotatable bonds is 7. The molecule has 0 aromatic heterocycles. The number of carbonyl (C=O) groups excluding carboxylic acids is 2. The predicted molar refractivity (Wildman–Crippen MR) is 103 cm³/mol. The van der Waals surface area contributed by atoms with Crippen LogP contribution < -0.4 is 0 Å². The van der Waals surface area contributed by atoms with Gasteiger partial charge in [0.2, 0.25) is 0 Å². The van der Waals surface area contributed by atoms with Crippen molar-refractivity contribution < 1.29 is 38.0 Å². The minimum absolute atomic E-state index is 0.00871. The van der Waals surface area contributed by atoms with E-state index in [1.165, 1.54) is 0 Å². The Labute approximate surface area is 173 Å². The Bertz CT molecular complexity index is 769. The molecule has 2 aliphatic heterocycles. The van der Waals surface area contributed by atoms with Gasteiger partial charge in [0, 0.05) is 0 Å². The highest BCUT2D eigenvalue weighted by Gasteiger charge is 2.45. The van der Waals surface area contributed by atoms with E-state index in [0.717, 1.165) is 0 Å². The van der Waals surface area contributed by atoms with E-state index < -0.39 is 36.4 Å². The first-order chi connectivity index (χ1) is 14.7. The van der Waals surface area contributed by atoms with E-state index in [9.17, 15) is 9.59 Å². The zero-order chi connectivity index (χ0) is 20.8. The summed E-state index contributed by atoms with van der Waals surface area (Å²) in [6, 6.07) is 17.4. The molecular weight excluding hydrogens is 392 g/mol. The fourth-order valence-corrected chi connectivity index (χ4v) is 3.34. The van der Waals surface area contributed by atoms with E-state index in [1.807, 2.05) is 12.1 Å². The summed E-state index contributed by atoms with van der Waals surface area (Å²) in [5.41, 5.74) is 0.915. The molecule has 4 atom stereocenters. The van der Waals surface area contributed by atoms with Crippen molar-refractivity contribution >= 4 is 11.9 Å². The molecule has 0 aliphatic carbocycles. The molecule has 30 heavy (non-hydrogen) atoms. The van der Waals surface area contributed by atoms with E-state index in [4.69, 9.17) is 28.4 Å². The Hall–Kier alpha value is -2.78. The molecular formula is C22H22O8. The fraction of sp³-hybridized carbons (Fsp3) is 0.364. The van der Waals surface area contributed by atoms with E-state index in [1.54, 1.807) is 48.5 Å². The molecule has 0 saturated carbocycles. The average molecular weight is 414 g/mol. The van der Waals surface area contributed by atoms with Crippen LogP contribution in [0.5, 0.6) is 0 Å². The zero-order valence-corrected chi connectivity index (χ0v) is 16.2.